The van der Waals surface area contributed by atoms with E-state index in [4.69, 9.17) is 14.0 Å². The minimum atomic E-state index is -0.526. The zero-order valence-corrected chi connectivity index (χ0v) is 17.5. The first-order valence-corrected chi connectivity index (χ1v) is 10.7. The van der Waals surface area contributed by atoms with E-state index < -0.39 is 6.10 Å². The lowest BCUT2D eigenvalue weighted by Crippen LogP contribution is -2.43. The quantitative estimate of drug-likeness (QED) is 0.626. The van der Waals surface area contributed by atoms with Crippen LogP contribution < -0.4 is 4.74 Å². The molecule has 160 valence electrons. The van der Waals surface area contributed by atoms with Gasteiger partial charge in [0.1, 0.15) is 11.3 Å². The molecule has 2 aliphatic rings. The Hall–Kier alpha value is -3.35. The third-order valence-corrected chi connectivity index (χ3v) is 6.01. The molecular formula is C24H25N3O4. The number of carbonyl (C=O) groups is 1. The predicted molar refractivity (Wildman–Crippen MR) is 116 cm³/mol. The van der Waals surface area contributed by atoms with Crippen molar-refractivity contribution in [1.29, 1.82) is 0 Å². The number of fused-ring (bicyclic) bond motifs is 1. The van der Waals surface area contributed by atoms with Crippen LogP contribution in [0.4, 0.5) is 0 Å². The second kappa shape index (κ2) is 8.41. The number of hydrogen-bond donors (Lipinski definition) is 0. The molecular weight excluding hydrogens is 394 g/mol. The van der Waals surface area contributed by atoms with Crippen molar-refractivity contribution in [3.8, 4) is 5.75 Å². The van der Waals surface area contributed by atoms with Gasteiger partial charge in [-0.15, -0.1) is 0 Å². The molecule has 5 rings (SSSR count). The minimum Gasteiger partial charge on any atom is -0.497 e. The monoisotopic (exact) mass is 419 g/mol. The molecule has 0 N–H and O–H groups in total. The molecule has 3 heterocycles. The van der Waals surface area contributed by atoms with Crippen molar-refractivity contribution in [3.05, 3.63) is 60.0 Å². The van der Waals surface area contributed by atoms with Gasteiger partial charge in [0.15, 0.2) is 11.5 Å². The van der Waals surface area contributed by atoms with E-state index in [9.17, 15) is 4.79 Å². The van der Waals surface area contributed by atoms with Crippen LogP contribution >= 0.6 is 0 Å². The van der Waals surface area contributed by atoms with E-state index in [1.807, 2.05) is 53.4 Å². The van der Waals surface area contributed by atoms with E-state index in [0.29, 0.717) is 25.9 Å². The number of amides is 1. The lowest BCUT2D eigenvalue weighted by molar-refractivity contribution is -0.143. The number of nitrogens with zero attached hydrogens (tertiary/aromatic N) is 3. The topological polar surface area (TPSA) is 77.2 Å². The number of oxazole rings is 1. The molecule has 2 aliphatic heterocycles. The highest BCUT2D eigenvalue weighted by Crippen LogP contribution is 2.30. The summed E-state index contributed by atoms with van der Waals surface area (Å²) in [4.78, 5) is 25.0. The maximum Gasteiger partial charge on any atom is 0.266 e. The van der Waals surface area contributed by atoms with E-state index in [1.165, 1.54) is 0 Å². The van der Waals surface area contributed by atoms with Crippen LogP contribution in [0.1, 0.15) is 36.6 Å². The molecule has 3 aromatic rings. The Morgan fingerprint density at radius 2 is 2.00 bits per heavy atom. The molecule has 2 aromatic carbocycles. The zero-order chi connectivity index (χ0) is 21.2. The molecule has 0 aliphatic carbocycles. The summed E-state index contributed by atoms with van der Waals surface area (Å²) in [5, 5.41) is 4.17. The highest BCUT2D eigenvalue weighted by atomic mass is 16.6. The summed E-state index contributed by atoms with van der Waals surface area (Å²) in [5.74, 6) is 1.84. The smallest absolute Gasteiger partial charge is 0.266 e. The van der Waals surface area contributed by atoms with E-state index in [1.54, 1.807) is 7.11 Å². The number of benzene rings is 2. The summed E-state index contributed by atoms with van der Waals surface area (Å²) >= 11 is 0. The third kappa shape index (κ3) is 4.13. The van der Waals surface area contributed by atoms with Crippen molar-refractivity contribution >= 4 is 22.7 Å². The highest BCUT2D eigenvalue weighted by Gasteiger charge is 2.34. The number of methoxy groups -OCH3 is 1. The van der Waals surface area contributed by atoms with Crippen LogP contribution in [-0.2, 0) is 16.1 Å². The van der Waals surface area contributed by atoms with Crippen LogP contribution in [0.2, 0.25) is 0 Å². The van der Waals surface area contributed by atoms with E-state index in [0.717, 1.165) is 46.9 Å². The van der Waals surface area contributed by atoms with Crippen LogP contribution in [0.3, 0.4) is 0 Å². The summed E-state index contributed by atoms with van der Waals surface area (Å²) in [6.45, 7) is 1.35. The number of likely N-dealkylation sites (tertiary alicyclic amines) is 1. The Bertz CT molecular complexity index is 1080. The summed E-state index contributed by atoms with van der Waals surface area (Å²) in [7, 11) is 1.65. The Balaban J connectivity index is 1.15. The Kier molecular flexibility index (Phi) is 5.32. The van der Waals surface area contributed by atoms with Crippen LogP contribution in [0.5, 0.6) is 5.75 Å². The number of oxime groups is 1. The maximum atomic E-state index is 13.0. The average molecular weight is 419 g/mol. The molecule has 0 radical (unpaired) electrons. The lowest BCUT2D eigenvalue weighted by Gasteiger charge is -2.31. The van der Waals surface area contributed by atoms with Crippen molar-refractivity contribution in [1.82, 2.24) is 9.88 Å². The molecule has 0 bridgehead atoms. The number of hydrogen-bond acceptors (Lipinski definition) is 6. The fourth-order valence-electron chi connectivity index (χ4n) is 4.30. The Labute approximate surface area is 180 Å². The van der Waals surface area contributed by atoms with Gasteiger partial charge in [0, 0.05) is 31.8 Å². The molecule has 7 nitrogen and oxygen atoms in total. The van der Waals surface area contributed by atoms with Gasteiger partial charge in [-0.1, -0.05) is 29.4 Å². The number of para-hydroxylation sites is 2. The largest absolute Gasteiger partial charge is 0.497 e. The summed E-state index contributed by atoms with van der Waals surface area (Å²) in [6.07, 6.45) is 2.33. The van der Waals surface area contributed by atoms with Gasteiger partial charge in [-0.2, -0.15) is 0 Å². The summed E-state index contributed by atoms with van der Waals surface area (Å²) in [5.41, 5.74) is 3.68. The third-order valence-electron chi connectivity index (χ3n) is 6.01. The molecule has 0 unspecified atom stereocenters. The number of rotatable bonds is 5. The van der Waals surface area contributed by atoms with Gasteiger partial charge in [-0.05, 0) is 42.7 Å². The number of piperidine rings is 1. The van der Waals surface area contributed by atoms with Crippen LogP contribution in [0, 0.1) is 0 Å². The number of ether oxygens (including phenoxy) is 1. The van der Waals surface area contributed by atoms with Crippen molar-refractivity contribution in [2.75, 3.05) is 20.2 Å². The molecule has 1 aromatic heterocycles. The fraction of sp³-hybridized carbons (Fsp3) is 0.375. The van der Waals surface area contributed by atoms with Gasteiger partial charge >= 0.3 is 0 Å². The first-order valence-electron chi connectivity index (χ1n) is 10.7. The Morgan fingerprint density at radius 1 is 1.16 bits per heavy atom. The predicted octanol–water partition coefficient (Wildman–Crippen LogP) is 3.93. The molecule has 1 atom stereocenters. The van der Waals surface area contributed by atoms with Gasteiger partial charge in [0.2, 0.25) is 6.10 Å². The van der Waals surface area contributed by atoms with Crippen LogP contribution in [0.25, 0.3) is 11.1 Å². The molecule has 0 saturated carbocycles. The van der Waals surface area contributed by atoms with Crippen molar-refractivity contribution in [2.45, 2.75) is 37.7 Å². The van der Waals surface area contributed by atoms with Gasteiger partial charge < -0.3 is 18.9 Å². The SMILES string of the molecule is COc1cccc(CC2=NO[C@@H](C(=O)N3CCC(c4nc5ccccc5o4)CC3)C2)c1. The zero-order valence-electron chi connectivity index (χ0n) is 17.5. The fourth-order valence-corrected chi connectivity index (χ4v) is 4.30. The maximum absolute atomic E-state index is 13.0. The van der Waals surface area contributed by atoms with Crippen molar-refractivity contribution < 1.29 is 18.8 Å². The second-order valence-corrected chi connectivity index (χ2v) is 8.10. The summed E-state index contributed by atoms with van der Waals surface area (Å²) < 4.78 is 11.2. The van der Waals surface area contributed by atoms with Gasteiger partial charge in [0.05, 0.1) is 12.8 Å². The molecule has 31 heavy (non-hydrogen) atoms. The van der Waals surface area contributed by atoms with E-state index >= 15 is 0 Å². The highest BCUT2D eigenvalue weighted by molar-refractivity contribution is 5.94. The van der Waals surface area contributed by atoms with Gasteiger partial charge in [0.25, 0.3) is 5.91 Å². The Morgan fingerprint density at radius 3 is 2.81 bits per heavy atom. The summed E-state index contributed by atoms with van der Waals surface area (Å²) in [6, 6.07) is 15.7. The van der Waals surface area contributed by atoms with E-state index in [-0.39, 0.29) is 11.8 Å². The average Bonchev–Trinajstić information content (AvgIpc) is 3.46. The number of carbonyl (C=O) groups excluding carboxylic acids is 1. The molecule has 1 saturated heterocycles. The van der Waals surface area contributed by atoms with Crippen molar-refractivity contribution in [2.24, 2.45) is 5.16 Å². The molecule has 7 heteroatoms. The van der Waals surface area contributed by atoms with Crippen LogP contribution in [0.15, 0.2) is 58.1 Å². The van der Waals surface area contributed by atoms with Gasteiger partial charge in [-0.25, -0.2) is 4.98 Å². The number of aromatic nitrogens is 1. The first kappa shape index (κ1) is 19.6. The molecule has 0 spiro atoms. The van der Waals surface area contributed by atoms with Gasteiger partial charge in [-0.3, -0.25) is 4.79 Å². The molecule has 1 fully saturated rings. The molecule has 1 amide bonds. The second-order valence-electron chi connectivity index (χ2n) is 8.10. The normalized spacial score (nSPS) is 19.3. The van der Waals surface area contributed by atoms with Crippen molar-refractivity contribution in [3.63, 3.8) is 0 Å². The lowest BCUT2D eigenvalue weighted by atomic mass is 9.96. The van der Waals surface area contributed by atoms with Crippen LogP contribution in [-0.4, -0.2) is 47.8 Å². The van der Waals surface area contributed by atoms with E-state index in [2.05, 4.69) is 10.1 Å². The minimum absolute atomic E-state index is 0.0143. The standard InChI is InChI=1S/C24H25N3O4/c1-29-19-6-4-5-16(14-19)13-18-15-22(31-26-18)24(28)27-11-9-17(10-12-27)23-25-20-7-2-3-8-21(20)30-23/h2-8,14,17,22H,9-13,15H2,1H3/t22-/m1/s1. The first-order chi connectivity index (χ1) is 15.2.